The van der Waals surface area contributed by atoms with Crippen molar-refractivity contribution in [2.75, 3.05) is 5.32 Å². The fourth-order valence-electron chi connectivity index (χ4n) is 1.40. The number of carbonyl (C=O) groups is 1. The SMILES string of the molecule is CC(N)CCCC(=O)Nc1c(Cl)cccc1Cl. The minimum atomic E-state index is -0.0966. The third kappa shape index (κ3) is 4.94. The highest BCUT2D eigenvalue weighted by molar-refractivity contribution is 6.39. The molecule has 17 heavy (non-hydrogen) atoms. The van der Waals surface area contributed by atoms with Crippen LogP contribution in [0.3, 0.4) is 0 Å². The first-order valence-electron chi connectivity index (χ1n) is 5.50. The zero-order chi connectivity index (χ0) is 12.8. The Kier molecular flexibility index (Phi) is 5.75. The fourth-order valence-corrected chi connectivity index (χ4v) is 1.90. The summed E-state index contributed by atoms with van der Waals surface area (Å²) in [6.45, 7) is 1.92. The van der Waals surface area contributed by atoms with Gasteiger partial charge in [-0.15, -0.1) is 0 Å². The number of rotatable bonds is 5. The zero-order valence-corrected chi connectivity index (χ0v) is 11.2. The maximum atomic E-state index is 11.6. The summed E-state index contributed by atoms with van der Waals surface area (Å²) in [5.74, 6) is -0.0966. The third-order valence-electron chi connectivity index (χ3n) is 2.29. The van der Waals surface area contributed by atoms with E-state index < -0.39 is 0 Å². The molecule has 94 valence electrons. The highest BCUT2D eigenvalue weighted by atomic mass is 35.5. The molecule has 1 amide bonds. The zero-order valence-electron chi connectivity index (χ0n) is 9.67. The number of hydrogen-bond donors (Lipinski definition) is 2. The van der Waals surface area contributed by atoms with Crippen molar-refractivity contribution in [3.05, 3.63) is 28.2 Å². The van der Waals surface area contributed by atoms with Crippen molar-refractivity contribution in [2.24, 2.45) is 5.73 Å². The molecule has 3 N–H and O–H groups in total. The van der Waals surface area contributed by atoms with Crippen molar-refractivity contribution in [1.29, 1.82) is 0 Å². The number of para-hydroxylation sites is 1. The topological polar surface area (TPSA) is 55.1 Å². The molecule has 3 nitrogen and oxygen atoms in total. The molecule has 1 rings (SSSR count). The van der Waals surface area contributed by atoms with Gasteiger partial charge in [-0.25, -0.2) is 0 Å². The molecule has 0 spiro atoms. The Balaban J connectivity index is 2.51. The number of nitrogens with one attached hydrogen (secondary N) is 1. The molecule has 0 saturated carbocycles. The summed E-state index contributed by atoms with van der Waals surface area (Å²) in [4.78, 5) is 11.6. The van der Waals surface area contributed by atoms with Gasteiger partial charge in [0, 0.05) is 12.5 Å². The van der Waals surface area contributed by atoms with Gasteiger partial charge in [-0.1, -0.05) is 29.3 Å². The lowest BCUT2D eigenvalue weighted by Gasteiger charge is -2.09. The van der Waals surface area contributed by atoms with Crippen LogP contribution >= 0.6 is 23.2 Å². The molecule has 0 fully saturated rings. The summed E-state index contributed by atoms with van der Waals surface area (Å²) in [6.07, 6.45) is 2.00. The molecular formula is C12H16Cl2N2O. The molecule has 0 aliphatic heterocycles. The summed E-state index contributed by atoms with van der Waals surface area (Å²) in [6, 6.07) is 5.22. The quantitative estimate of drug-likeness (QED) is 0.864. The Hall–Kier alpha value is -0.770. The van der Waals surface area contributed by atoms with E-state index in [0.29, 0.717) is 22.2 Å². The highest BCUT2D eigenvalue weighted by Crippen LogP contribution is 2.29. The molecule has 0 bridgehead atoms. The van der Waals surface area contributed by atoms with Gasteiger partial charge in [-0.3, -0.25) is 4.79 Å². The second kappa shape index (κ2) is 6.84. The van der Waals surface area contributed by atoms with Crippen molar-refractivity contribution < 1.29 is 4.79 Å². The Labute approximate surface area is 111 Å². The minimum Gasteiger partial charge on any atom is -0.328 e. The van der Waals surface area contributed by atoms with Gasteiger partial charge in [-0.2, -0.15) is 0 Å². The fraction of sp³-hybridized carbons (Fsp3) is 0.417. The van der Waals surface area contributed by atoms with Gasteiger partial charge in [-0.05, 0) is 31.9 Å². The molecule has 0 heterocycles. The summed E-state index contributed by atoms with van der Waals surface area (Å²) in [5, 5.41) is 3.59. The Morgan fingerprint density at radius 3 is 2.53 bits per heavy atom. The van der Waals surface area contributed by atoms with Crippen molar-refractivity contribution in [1.82, 2.24) is 0 Å². The largest absolute Gasteiger partial charge is 0.328 e. The Morgan fingerprint density at radius 2 is 2.00 bits per heavy atom. The van der Waals surface area contributed by atoms with Crippen molar-refractivity contribution in [3.8, 4) is 0 Å². The van der Waals surface area contributed by atoms with Crippen LogP contribution in [-0.2, 0) is 4.79 Å². The lowest BCUT2D eigenvalue weighted by Crippen LogP contribution is -2.17. The molecule has 0 aliphatic carbocycles. The number of nitrogens with two attached hydrogens (primary N) is 1. The number of benzene rings is 1. The van der Waals surface area contributed by atoms with Crippen LogP contribution in [0.1, 0.15) is 26.2 Å². The van der Waals surface area contributed by atoms with Crippen LogP contribution in [0.5, 0.6) is 0 Å². The van der Waals surface area contributed by atoms with E-state index >= 15 is 0 Å². The first-order valence-corrected chi connectivity index (χ1v) is 6.25. The second-order valence-electron chi connectivity index (χ2n) is 4.01. The number of carbonyl (C=O) groups excluding carboxylic acids is 1. The molecule has 1 aromatic rings. The number of anilines is 1. The molecule has 0 saturated heterocycles. The Bertz CT molecular complexity index is 374. The summed E-state index contributed by atoms with van der Waals surface area (Å²) in [7, 11) is 0. The lowest BCUT2D eigenvalue weighted by molar-refractivity contribution is -0.116. The van der Waals surface area contributed by atoms with Crippen LogP contribution in [0.4, 0.5) is 5.69 Å². The van der Waals surface area contributed by atoms with E-state index in [1.165, 1.54) is 0 Å². The van der Waals surface area contributed by atoms with Crippen LogP contribution < -0.4 is 11.1 Å². The maximum absolute atomic E-state index is 11.6. The first kappa shape index (κ1) is 14.3. The maximum Gasteiger partial charge on any atom is 0.224 e. The van der Waals surface area contributed by atoms with Gasteiger partial charge in [0.2, 0.25) is 5.91 Å². The normalized spacial score (nSPS) is 12.2. The second-order valence-corrected chi connectivity index (χ2v) is 4.83. The van der Waals surface area contributed by atoms with E-state index in [2.05, 4.69) is 5.32 Å². The number of amides is 1. The van der Waals surface area contributed by atoms with Crippen LogP contribution in [0.25, 0.3) is 0 Å². The molecule has 1 unspecified atom stereocenters. The molecule has 0 radical (unpaired) electrons. The van der Waals surface area contributed by atoms with E-state index in [1.807, 2.05) is 6.92 Å². The van der Waals surface area contributed by atoms with Gasteiger partial charge in [0.25, 0.3) is 0 Å². The van der Waals surface area contributed by atoms with E-state index in [0.717, 1.165) is 12.8 Å². The third-order valence-corrected chi connectivity index (χ3v) is 2.92. The summed E-state index contributed by atoms with van der Waals surface area (Å²) < 4.78 is 0. The molecule has 1 aromatic carbocycles. The monoisotopic (exact) mass is 274 g/mol. The van der Waals surface area contributed by atoms with Gasteiger partial charge in [0.15, 0.2) is 0 Å². The molecular weight excluding hydrogens is 259 g/mol. The smallest absolute Gasteiger partial charge is 0.224 e. The van der Waals surface area contributed by atoms with E-state index in [4.69, 9.17) is 28.9 Å². The summed E-state index contributed by atoms with van der Waals surface area (Å²) >= 11 is 11.9. The number of hydrogen-bond acceptors (Lipinski definition) is 2. The predicted octanol–water partition coefficient (Wildman–Crippen LogP) is 3.45. The average Bonchev–Trinajstić information content (AvgIpc) is 2.23. The van der Waals surface area contributed by atoms with Crippen LogP contribution in [0.15, 0.2) is 18.2 Å². The van der Waals surface area contributed by atoms with Crippen LogP contribution in [0.2, 0.25) is 10.0 Å². The van der Waals surface area contributed by atoms with E-state index in [1.54, 1.807) is 18.2 Å². The number of halogens is 2. The average molecular weight is 275 g/mol. The van der Waals surface area contributed by atoms with E-state index in [-0.39, 0.29) is 11.9 Å². The standard InChI is InChI=1S/C12H16Cl2N2O/c1-8(15)4-2-7-11(17)16-12-9(13)5-3-6-10(12)14/h3,5-6,8H,2,4,7,15H2,1H3,(H,16,17). The lowest BCUT2D eigenvalue weighted by atomic mass is 10.1. The molecule has 1 atom stereocenters. The van der Waals surface area contributed by atoms with Gasteiger partial charge in [0.05, 0.1) is 15.7 Å². The van der Waals surface area contributed by atoms with Gasteiger partial charge < -0.3 is 11.1 Å². The van der Waals surface area contributed by atoms with Crippen LogP contribution in [0, 0.1) is 0 Å². The molecule has 5 heteroatoms. The van der Waals surface area contributed by atoms with Crippen LogP contribution in [-0.4, -0.2) is 11.9 Å². The first-order chi connectivity index (χ1) is 8.00. The van der Waals surface area contributed by atoms with E-state index in [9.17, 15) is 4.79 Å². The molecule has 0 aliphatic rings. The minimum absolute atomic E-state index is 0.0966. The van der Waals surface area contributed by atoms with Crippen molar-refractivity contribution >= 4 is 34.8 Å². The summed E-state index contributed by atoms with van der Waals surface area (Å²) in [5.41, 5.74) is 6.08. The molecule has 0 aromatic heterocycles. The van der Waals surface area contributed by atoms with Gasteiger partial charge in [0.1, 0.15) is 0 Å². The predicted molar refractivity (Wildman–Crippen MR) is 72.6 cm³/mol. The van der Waals surface area contributed by atoms with Crippen molar-refractivity contribution in [3.63, 3.8) is 0 Å². The van der Waals surface area contributed by atoms with Crippen molar-refractivity contribution in [2.45, 2.75) is 32.2 Å². The van der Waals surface area contributed by atoms with Gasteiger partial charge >= 0.3 is 0 Å². The highest BCUT2D eigenvalue weighted by Gasteiger charge is 2.09. The Morgan fingerprint density at radius 1 is 1.41 bits per heavy atom.